The number of rotatable bonds is 4. The predicted octanol–water partition coefficient (Wildman–Crippen LogP) is 2.97. The topological polar surface area (TPSA) is 56.0 Å². The van der Waals surface area contributed by atoms with Crippen molar-refractivity contribution in [2.75, 3.05) is 5.32 Å². The maximum Gasteiger partial charge on any atom is 0.101 e. The number of nitriles is 1. The van der Waals surface area contributed by atoms with Crippen LogP contribution < -0.4 is 5.32 Å². The molecule has 0 saturated heterocycles. The minimum atomic E-state index is 0.0434. The summed E-state index contributed by atoms with van der Waals surface area (Å²) >= 11 is 0. The molecule has 0 radical (unpaired) electrons. The summed E-state index contributed by atoms with van der Waals surface area (Å²) < 4.78 is 0. The molecule has 3 heteroatoms. The number of benzene rings is 2. The fourth-order valence-electron chi connectivity index (χ4n) is 1.94. The molecule has 96 valence electrons. The van der Waals surface area contributed by atoms with Crippen molar-refractivity contribution in [1.82, 2.24) is 0 Å². The van der Waals surface area contributed by atoms with Crippen LogP contribution in [0, 0.1) is 18.3 Å². The Morgan fingerprint density at radius 1 is 1.16 bits per heavy atom. The van der Waals surface area contributed by atoms with Gasteiger partial charge in [0.1, 0.15) is 6.07 Å². The Kier molecular flexibility index (Phi) is 4.17. The van der Waals surface area contributed by atoms with Gasteiger partial charge >= 0.3 is 0 Å². The van der Waals surface area contributed by atoms with E-state index in [2.05, 4.69) is 11.4 Å². The van der Waals surface area contributed by atoms with Crippen LogP contribution >= 0.6 is 0 Å². The largest absolute Gasteiger partial charge is 0.392 e. The van der Waals surface area contributed by atoms with Crippen molar-refractivity contribution in [2.24, 2.45) is 0 Å². The lowest BCUT2D eigenvalue weighted by molar-refractivity contribution is 0.281. The molecule has 0 aliphatic rings. The third-order valence-corrected chi connectivity index (χ3v) is 2.95. The molecule has 0 aromatic heterocycles. The third kappa shape index (κ3) is 3.34. The van der Waals surface area contributed by atoms with Gasteiger partial charge < -0.3 is 10.4 Å². The number of aliphatic hydroxyl groups is 1. The predicted molar refractivity (Wildman–Crippen MR) is 75.6 cm³/mol. The van der Waals surface area contributed by atoms with Gasteiger partial charge in [0.05, 0.1) is 17.9 Å². The second kappa shape index (κ2) is 6.03. The van der Waals surface area contributed by atoms with Crippen LogP contribution in [0.5, 0.6) is 0 Å². The van der Waals surface area contributed by atoms with E-state index in [1.165, 1.54) is 0 Å². The van der Waals surface area contributed by atoms with Crippen LogP contribution in [0.25, 0.3) is 0 Å². The van der Waals surface area contributed by atoms with E-state index in [1.807, 2.05) is 49.4 Å². The lowest BCUT2D eigenvalue weighted by Gasteiger charge is -2.10. The molecule has 0 aliphatic carbocycles. The van der Waals surface area contributed by atoms with Gasteiger partial charge in [-0.2, -0.15) is 5.26 Å². The van der Waals surface area contributed by atoms with Crippen LogP contribution in [0.3, 0.4) is 0 Å². The minimum Gasteiger partial charge on any atom is -0.392 e. The lowest BCUT2D eigenvalue weighted by atomic mass is 10.1. The van der Waals surface area contributed by atoms with Crippen LogP contribution in [0.15, 0.2) is 42.5 Å². The number of anilines is 1. The summed E-state index contributed by atoms with van der Waals surface area (Å²) in [6.07, 6.45) is 0. The van der Waals surface area contributed by atoms with Crippen molar-refractivity contribution in [1.29, 1.82) is 5.26 Å². The third-order valence-electron chi connectivity index (χ3n) is 2.95. The second-order valence-electron chi connectivity index (χ2n) is 4.49. The summed E-state index contributed by atoms with van der Waals surface area (Å²) in [5.41, 5.74) is 4.58. The summed E-state index contributed by atoms with van der Waals surface area (Å²) in [5, 5.41) is 21.4. The second-order valence-corrected chi connectivity index (χ2v) is 4.49. The smallest absolute Gasteiger partial charge is 0.101 e. The molecule has 0 spiro atoms. The Morgan fingerprint density at radius 2 is 1.95 bits per heavy atom. The van der Waals surface area contributed by atoms with Crippen LogP contribution in [0.4, 0.5) is 5.69 Å². The molecule has 0 atom stereocenters. The normalized spacial score (nSPS) is 9.95. The Bertz CT molecular complexity index is 614. The molecule has 0 bridgehead atoms. The molecule has 0 heterocycles. The number of hydrogen-bond acceptors (Lipinski definition) is 3. The summed E-state index contributed by atoms with van der Waals surface area (Å²) in [6, 6.07) is 15.6. The highest BCUT2D eigenvalue weighted by Crippen LogP contribution is 2.18. The minimum absolute atomic E-state index is 0.0434. The molecule has 0 saturated carbocycles. The average molecular weight is 252 g/mol. The first-order valence-corrected chi connectivity index (χ1v) is 6.16. The zero-order valence-electron chi connectivity index (χ0n) is 10.9. The number of nitrogens with one attached hydrogen (secondary N) is 1. The van der Waals surface area contributed by atoms with Gasteiger partial charge in [-0.25, -0.2) is 0 Å². The van der Waals surface area contributed by atoms with Crippen molar-refractivity contribution in [2.45, 2.75) is 20.1 Å². The Hall–Kier alpha value is -2.31. The molecule has 2 rings (SSSR count). The van der Waals surface area contributed by atoms with E-state index >= 15 is 0 Å². The molecule has 2 aromatic carbocycles. The lowest BCUT2D eigenvalue weighted by Crippen LogP contribution is -2.02. The fourth-order valence-corrected chi connectivity index (χ4v) is 1.94. The zero-order chi connectivity index (χ0) is 13.7. The first-order chi connectivity index (χ1) is 9.22. The van der Waals surface area contributed by atoms with Gasteiger partial charge in [0, 0.05) is 6.54 Å². The van der Waals surface area contributed by atoms with Gasteiger partial charge in [0.15, 0.2) is 0 Å². The van der Waals surface area contributed by atoms with Gasteiger partial charge in [-0.15, -0.1) is 0 Å². The molecule has 0 aliphatic heterocycles. The molecule has 19 heavy (non-hydrogen) atoms. The number of aryl methyl sites for hydroxylation is 1. The first-order valence-electron chi connectivity index (χ1n) is 6.16. The maximum atomic E-state index is 9.10. The molecule has 0 fully saturated rings. The molecule has 3 nitrogen and oxygen atoms in total. The summed E-state index contributed by atoms with van der Waals surface area (Å²) in [5.74, 6) is 0. The summed E-state index contributed by atoms with van der Waals surface area (Å²) in [4.78, 5) is 0. The molecule has 2 N–H and O–H groups in total. The van der Waals surface area contributed by atoms with Crippen LogP contribution in [0.2, 0.25) is 0 Å². The zero-order valence-corrected chi connectivity index (χ0v) is 10.9. The van der Waals surface area contributed by atoms with Gasteiger partial charge in [0.25, 0.3) is 0 Å². The molecular formula is C16H16N2O. The van der Waals surface area contributed by atoms with Crippen molar-refractivity contribution in [3.8, 4) is 6.07 Å². The highest BCUT2D eigenvalue weighted by molar-refractivity contribution is 5.59. The van der Waals surface area contributed by atoms with Gasteiger partial charge in [0.2, 0.25) is 0 Å². The SMILES string of the molecule is Cc1ccc(C#N)c(NCc2cccc(CO)c2)c1. The van der Waals surface area contributed by atoms with E-state index in [9.17, 15) is 0 Å². The monoisotopic (exact) mass is 252 g/mol. The van der Waals surface area contributed by atoms with E-state index in [0.29, 0.717) is 12.1 Å². The van der Waals surface area contributed by atoms with E-state index < -0.39 is 0 Å². The number of nitrogens with zero attached hydrogens (tertiary/aromatic N) is 1. The van der Waals surface area contributed by atoms with Crippen LogP contribution in [0.1, 0.15) is 22.3 Å². The number of hydrogen-bond donors (Lipinski definition) is 2. The van der Waals surface area contributed by atoms with Gasteiger partial charge in [-0.3, -0.25) is 0 Å². The Labute approximate surface area is 113 Å². The maximum absolute atomic E-state index is 9.10. The Morgan fingerprint density at radius 3 is 2.68 bits per heavy atom. The highest BCUT2D eigenvalue weighted by atomic mass is 16.3. The van der Waals surface area contributed by atoms with E-state index in [1.54, 1.807) is 0 Å². The summed E-state index contributed by atoms with van der Waals surface area (Å²) in [7, 11) is 0. The van der Waals surface area contributed by atoms with Crippen molar-refractivity contribution in [3.05, 3.63) is 64.7 Å². The number of aliphatic hydroxyl groups excluding tert-OH is 1. The van der Waals surface area contributed by atoms with Crippen LogP contribution in [-0.2, 0) is 13.2 Å². The molecule has 2 aromatic rings. The van der Waals surface area contributed by atoms with Gasteiger partial charge in [-0.05, 0) is 35.7 Å². The molecule has 0 unspecified atom stereocenters. The molecule has 0 amide bonds. The van der Waals surface area contributed by atoms with Crippen molar-refractivity contribution < 1.29 is 5.11 Å². The fraction of sp³-hybridized carbons (Fsp3) is 0.188. The van der Waals surface area contributed by atoms with E-state index in [0.717, 1.165) is 22.4 Å². The Balaban J connectivity index is 2.14. The van der Waals surface area contributed by atoms with Gasteiger partial charge in [-0.1, -0.05) is 30.3 Å². The summed E-state index contributed by atoms with van der Waals surface area (Å²) in [6.45, 7) is 2.67. The van der Waals surface area contributed by atoms with Crippen molar-refractivity contribution in [3.63, 3.8) is 0 Å². The quantitative estimate of drug-likeness (QED) is 0.879. The van der Waals surface area contributed by atoms with E-state index in [4.69, 9.17) is 10.4 Å². The highest BCUT2D eigenvalue weighted by Gasteiger charge is 2.02. The standard InChI is InChI=1S/C16H16N2O/c1-12-5-6-15(9-17)16(7-12)18-10-13-3-2-4-14(8-13)11-19/h2-8,18-19H,10-11H2,1H3. The average Bonchev–Trinajstić information content (AvgIpc) is 2.45. The first kappa shape index (κ1) is 13.1. The van der Waals surface area contributed by atoms with Crippen LogP contribution in [-0.4, -0.2) is 5.11 Å². The van der Waals surface area contributed by atoms with Crippen molar-refractivity contribution >= 4 is 5.69 Å². The molecular weight excluding hydrogens is 236 g/mol. The van der Waals surface area contributed by atoms with E-state index in [-0.39, 0.29) is 6.61 Å².